The molecule has 1 aliphatic rings. The molecule has 0 spiro atoms. The van der Waals surface area contributed by atoms with E-state index in [0.29, 0.717) is 6.54 Å². The van der Waals surface area contributed by atoms with E-state index in [1.165, 1.54) is 24.1 Å². The van der Waals surface area contributed by atoms with Gasteiger partial charge >= 0.3 is 0 Å². The van der Waals surface area contributed by atoms with Gasteiger partial charge in [0, 0.05) is 18.7 Å². The van der Waals surface area contributed by atoms with Gasteiger partial charge in [0.2, 0.25) is 0 Å². The van der Waals surface area contributed by atoms with Crippen molar-refractivity contribution in [3.63, 3.8) is 0 Å². The van der Waals surface area contributed by atoms with Crippen LogP contribution in [0.15, 0.2) is 12.2 Å². The summed E-state index contributed by atoms with van der Waals surface area (Å²) in [6.45, 7) is 2.23. The van der Waals surface area contributed by atoms with Gasteiger partial charge in [0.05, 0.1) is 0 Å². The molecule has 2 amide bonds. The maximum absolute atomic E-state index is 10.6. The topological polar surface area (TPSA) is 63.4 Å². The molecule has 0 radical (unpaired) electrons. The van der Waals surface area contributed by atoms with Crippen molar-refractivity contribution in [1.82, 2.24) is 4.90 Å². The fourth-order valence-electron chi connectivity index (χ4n) is 0.743. The molecule has 11 heavy (non-hydrogen) atoms. The van der Waals surface area contributed by atoms with Crippen LogP contribution in [0.25, 0.3) is 0 Å². The fraction of sp³-hybridized carbons (Fsp3) is 0.429. The van der Waals surface area contributed by atoms with Crippen LogP contribution in [0.2, 0.25) is 0 Å². The van der Waals surface area contributed by atoms with E-state index in [-0.39, 0.29) is 11.8 Å². The Balaban J connectivity index is 0.000000461. The first-order valence-corrected chi connectivity index (χ1v) is 3.37. The lowest BCUT2D eigenvalue weighted by molar-refractivity contribution is -0.136. The Morgan fingerprint density at radius 2 is 1.64 bits per heavy atom. The Bertz CT molecular complexity index is 169. The predicted octanol–water partition coefficient (Wildman–Crippen LogP) is -0.494. The molecule has 1 rings (SSSR count). The summed E-state index contributed by atoms with van der Waals surface area (Å²) in [6.07, 6.45) is 2.57. The fourth-order valence-corrected chi connectivity index (χ4v) is 0.743. The zero-order valence-electron chi connectivity index (χ0n) is 6.70. The zero-order valence-corrected chi connectivity index (χ0v) is 6.70. The average molecular weight is 156 g/mol. The van der Waals surface area contributed by atoms with Gasteiger partial charge in [0.25, 0.3) is 11.8 Å². The zero-order chi connectivity index (χ0) is 8.85. The maximum Gasteiger partial charge on any atom is 0.253 e. The minimum atomic E-state index is -0.206. The normalized spacial score (nSPS) is 15.0. The molecule has 0 aromatic rings. The molecule has 4 nitrogen and oxygen atoms in total. The van der Waals surface area contributed by atoms with Crippen molar-refractivity contribution in [2.45, 2.75) is 6.92 Å². The summed E-state index contributed by atoms with van der Waals surface area (Å²) in [5.74, 6) is -0.412. The van der Waals surface area contributed by atoms with E-state index in [1.807, 2.05) is 0 Å². The van der Waals surface area contributed by atoms with Crippen molar-refractivity contribution in [3.8, 4) is 0 Å². The van der Waals surface area contributed by atoms with Crippen LogP contribution in [0.4, 0.5) is 0 Å². The highest BCUT2D eigenvalue weighted by Gasteiger charge is 2.20. The van der Waals surface area contributed by atoms with Crippen molar-refractivity contribution >= 4 is 11.8 Å². The Hall–Kier alpha value is -1.16. The molecule has 0 unspecified atom stereocenters. The lowest BCUT2D eigenvalue weighted by Gasteiger charge is -2.08. The molecular weight excluding hydrogens is 144 g/mol. The van der Waals surface area contributed by atoms with Gasteiger partial charge in [-0.05, 0) is 14.0 Å². The molecule has 62 valence electrons. The largest absolute Gasteiger partial charge is 0.333 e. The molecule has 0 aliphatic carbocycles. The maximum atomic E-state index is 10.6. The van der Waals surface area contributed by atoms with E-state index in [4.69, 9.17) is 0 Å². The Labute approximate surface area is 65.7 Å². The highest BCUT2D eigenvalue weighted by atomic mass is 16.2. The second kappa shape index (κ2) is 4.62. The number of hydrogen-bond donors (Lipinski definition) is 1. The SMILES string of the molecule is CCN1C(=O)C=CC1=O.CN. The number of hydrogen-bond acceptors (Lipinski definition) is 3. The predicted molar refractivity (Wildman–Crippen MR) is 41.6 cm³/mol. The van der Waals surface area contributed by atoms with E-state index in [1.54, 1.807) is 6.92 Å². The van der Waals surface area contributed by atoms with Crippen LogP contribution in [-0.2, 0) is 9.59 Å². The molecule has 0 bridgehead atoms. The third-order valence-electron chi connectivity index (χ3n) is 1.22. The van der Waals surface area contributed by atoms with Gasteiger partial charge in [-0.2, -0.15) is 0 Å². The van der Waals surface area contributed by atoms with E-state index < -0.39 is 0 Å². The number of amides is 2. The van der Waals surface area contributed by atoms with E-state index in [2.05, 4.69) is 5.73 Å². The lowest BCUT2D eigenvalue weighted by atomic mass is 10.5. The smallest absolute Gasteiger partial charge is 0.253 e. The number of rotatable bonds is 1. The molecule has 1 aliphatic heterocycles. The monoisotopic (exact) mass is 156 g/mol. The van der Waals surface area contributed by atoms with Crippen LogP contribution >= 0.6 is 0 Å². The van der Waals surface area contributed by atoms with Crippen molar-refractivity contribution in [3.05, 3.63) is 12.2 Å². The minimum absolute atomic E-state index is 0.206. The number of imide groups is 1. The highest BCUT2D eigenvalue weighted by Crippen LogP contribution is 2.00. The molecule has 1 heterocycles. The van der Waals surface area contributed by atoms with Gasteiger partial charge in [-0.3, -0.25) is 14.5 Å². The molecule has 0 atom stereocenters. The van der Waals surface area contributed by atoms with Crippen LogP contribution in [-0.4, -0.2) is 30.3 Å². The summed E-state index contributed by atoms with van der Waals surface area (Å²) < 4.78 is 0. The summed E-state index contributed by atoms with van der Waals surface area (Å²) in [6, 6.07) is 0. The first-order valence-electron chi connectivity index (χ1n) is 3.37. The van der Waals surface area contributed by atoms with Crippen LogP contribution in [0.1, 0.15) is 6.92 Å². The van der Waals surface area contributed by atoms with Gasteiger partial charge in [0.15, 0.2) is 0 Å². The number of carbonyl (C=O) groups excluding carboxylic acids is 2. The Morgan fingerprint density at radius 3 is 1.82 bits per heavy atom. The summed E-state index contributed by atoms with van der Waals surface area (Å²) >= 11 is 0. The van der Waals surface area contributed by atoms with Gasteiger partial charge in [-0.25, -0.2) is 0 Å². The van der Waals surface area contributed by atoms with Crippen molar-refractivity contribution in [2.75, 3.05) is 13.6 Å². The van der Waals surface area contributed by atoms with Gasteiger partial charge < -0.3 is 5.73 Å². The van der Waals surface area contributed by atoms with Gasteiger partial charge in [0.1, 0.15) is 0 Å². The molecule has 0 saturated heterocycles. The molecule has 2 N–H and O–H groups in total. The van der Waals surface area contributed by atoms with Crippen LogP contribution in [0.3, 0.4) is 0 Å². The highest BCUT2D eigenvalue weighted by molar-refractivity contribution is 6.12. The van der Waals surface area contributed by atoms with Crippen molar-refractivity contribution < 1.29 is 9.59 Å². The molecule has 4 heteroatoms. The summed E-state index contributed by atoms with van der Waals surface area (Å²) in [5, 5.41) is 0. The number of nitrogens with zero attached hydrogens (tertiary/aromatic N) is 1. The third kappa shape index (κ3) is 2.16. The molecule has 0 aromatic heterocycles. The second-order valence-electron chi connectivity index (χ2n) is 1.75. The van der Waals surface area contributed by atoms with Crippen LogP contribution in [0.5, 0.6) is 0 Å². The lowest BCUT2D eigenvalue weighted by Crippen LogP contribution is -2.29. The summed E-state index contributed by atoms with van der Waals surface area (Å²) in [7, 11) is 1.50. The molecular formula is C7H12N2O2. The number of carbonyl (C=O) groups is 2. The third-order valence-corrected chi connectivity index (χ3v) is 1.22. The quantitative estimate of drug-likeness (QED) is 0.521. The van der Waals surface area contributed by atoms with Gasteiger partial charge in [-0.15, -0.1) is 0 Å². The Morgan fingerprint density at radius 1 is 1.27 bits per heavy atom. The van der Waals surface area contributed by atoms with E-state index in [9.17, 15) is 9.59 Å². The van der Waals surface area contributed by atoms with Gasteiger partial charge in [-0.1, -0.05) is 0 Å². The van der Waals surface area contributed by atoms with Crippen molar-refractivity contribution in [2.24, 2.45) is 5.73 Å². The Kier molecular flexibility index (Phi) is 4.14. The summed E-state index contributed by atoms with van der Waals surface area (Å²) in [4.78, 5) is 22.4. The summed E-state index contributed by atoms with van der Waals surface area (Å²) in [5.41, 5.74) is 4.50. The van der Waals surface area contributed by atoms with E-state index in [0.717, 1.165) is 0 Å². The first kappa shape index (κ1) is 9.84. The van der Waals surface area contributed by atoms with Crippen molar-refractivity contribution in [1.29, 1.82) is 0 Å². The minimum Gasteiger partial charge on any atom is -0.333 e. The average Bonchev–Trinajstić information content (AvgIpc) is 2.35. The standard InChI is InChI=1S/C6H7NO2.CH5N/c1-2-7-5(8)3-4-6(7)9;1-2/h3-4H,2H2,1H3;2H2,1H3. The second-order valence-corrected chi connectivity index (χ2v) is 1.75. The molecule has 0 aromatic carbocycles. The van der Waals surface area contributed by atoms with Crippen LogP contribution in [0, 0.1) is 0 Å². The van der Waals surface area contributed by atoms with E-state index >= 15 is 0 Å². The molecule has 0 saturated carbocycles. The van der Waals surface area contributed by atoms with Crippen LogP contribution < -0.4 is 5.73 Å². The first-order chi connectivity index (χ1) is 5.25. The number of likely N-dealkylation sites (N-methyl/N-ethyl adjacent to an activating group) is 1. The number of nitrogens with two attached hydrogens (primary N) is 1. The molecule has 0 fully saturated rings.